The van der Waals surface area contributed by atoms with Gasteiger partial charge in [-0.15, -0.1) is 0 Å². The molecule has 1 aliphatic rings. The normalized spacial score (nSPS) is 16.8. The maximum atomic E-state index is 5.96. The zero-order valence-corrected chi connectivity index (χ0v) is 10.4. The molecule has 94 valence electrons. The van der Waals surface area contributed by atoms with Gasteiger partial charge in [-0.3, -0.25) is 0 Å². The van der Waals surface area contributed by atoms with Crippen molar-refractivity contribution < 1.29 is 9.47 Å². The average molecular weight is 235 g/mol. The number of methoxy groups -OCH3 is 1. The van der Waals surface area contributed by atoms with Gasteiger partial charge in [-0.2, -0.15) is 0 Å². The Hall–Kier alpha value is -1.38. The van der Waals surface area contributed by atoms with E-state index in [1.54, 1.807) is 7.11 Å². The molecule has 0 aromatic heterocycles. The van der Waals surface area contributed by atoms with Gasteiger partial charge in [0.1, 0.15) is 17.2 Å². The SMILES string of the molecule is COc1cccc(OCC2CCCCC2)c1N. The van der Waals surface area contributed by atoms with E-state index in [2.05, 4.69) is 0 Å². The number of hydrogen-bond donors (Lipinski definition) is 1. The molecule has 0 amide bonds. The molecule has 1 aromatic carbocycles. The summed E-state index contributed by atoms with van der Waals surface area (Å²) in [6.45, 7) is 0.775. The second-order valence-corrected chi connectivity index (χ2v) is 4.69. The van der Waals surface area contributed by atoms with Crippen molar-refractivity contribution in [1.29, 1.82) is 0 Å². The average Bonchev–Trinajstić information content (AvgIpc) is 2.39. The lowest BCUT2D eigenvalue weighted by Gasteiger charge is -2.22. The molecule has 17 heavy (non-hydrogen) atoms. The van der Waals surface area contributed by atoms with Crippen LogP contribution in [0.5, 0.6) is 11.5 Å². The Labute approximate surface area is 103 Å². The molecule has 0 atom stereocenters. The summed E-state index contributed by atoms with van der Waals surface area (Å²) in [5, 5.41) is 0. The van der Waals surface area contributed by atoms with E-state index in [-0.39, 0.29) is 0 Å². The highest BCUT2D eigenvalue weighted by molar-refractivity contribution is 5.62. The van der Waals surface area contributed by atoms with Crippen molar-refractivity contribution in [3.05, 3.63) is 18.2 Å². The molecule has 3 nitrogen and oxygen atoms in total. The maximum absolute atomic E-state index is 5.96. The van der Waals surface area contributed by atoms with E-state index in [1.807, 2.05) is 18.2 Å². The highest BCUT2D eigenvalue weighted by Gasteiger charge is 2.15. The largest absolute Gasteiger partial charge is 0.494 e. The molecule has 2 rings (SSSR count). The van der Waals surface area contributed by atoms with Crippen molar-refractivity contribution in [2.75, 3.05) is 19.5 Å². The molecular weight excluding hydrogens is 214 g/mol. The lowest BCUT2D eigenvalue weighted by atomic mass is 9.90. The molecule has 0 heterocycles. The van der Waals surface area contributed by atoms with Gasteiger partial charge in [-0.05, 0) is 30.9 Å². The monoisotopic (exact) mass is 235 g/mol. The third-order valence-electron chi connectivity index (χ3n) is 3.45. The summed E-state index contributed by atoms with van der Waals surface area (Å²) in [7, 11) is 1.62. The van der Waals surface area contributed by atoms with E-state index >= 15 is 0 Å². The summed E-state index contributed by atoms with van der Waals surface area (Å²) >= 11 is 0. The number of ether oxygens (including phenoxy) is 2. The van der Waals surface area contributed by atoms with Gasteiger partial charge in [0.05, 0.1) is 13.7 Å². The van der Waals surface area contributed by atoms with Crippen LogP contribution in [0.2, 0.25) is 0 Å². The van der Waals surface area contributed by atoms with E-state index < -0.39 is 0 Å². The third kappa shape index (κ3) is 3.05. The first-order chi connectivity index (χ1) is 8.31. The number of hydrogen-bond acceptors (Lipinski definition) is 3. The molecule has 2 N–H and O–H groups in total. The Bertz CT molecular complexity index is 359. The van der Waals surface area contributed by atoms with Gasteiger partial charge in [0.15, 0.2) is 0 Å². The number of anilines is 1. The maximum Gasteiger partial charge on any atom is 0.146 e. The number of rotatable bonds is 4. The summed E-state index contributed by atoms with van der Waals surface area (Å²) in [5.41, 5.74) is 6.56. The van der Waals surface area contributed by atoms with Gasteiger partial charge in [-0.1, -0.05) is 25.3 Å². The topological polar surface area (TPSA) is 44.5 Å². The van der Waals surface area contributed by atoms with Crippen molar-refractivity contribution in [1.82, 2.24) is 0 Å². The molecular formula is C14H21NO2. The van der Waals surface area contributed by atoms with Crippen LogP contribution in [0.15, 0.2) is 18.2 Å². The predicted octanol–water partition coefficient (Wildman–Crippen LogP) is 3.24. The van der Waals surface area contributed by atoms with E-state index in [4.69, 9.17) is 15.2 Å². The van der Waals surface area contributed by atoms with Crippen LogP contribution in [0.1, 0.15) is 32.1 Å². The summed E-state index contributed by atoms with van der Waals surface area (Å²) in [4.78, 5) is 0. The molecule has 0 aliphatic heterocycles. The molecule has 0 spiro atoms. The molecule has 0 unspecified atom stereocenters. The van der Waals surface area contributed by atoms with Crippen molar-refractivity contribution in [2.24, 2.45) is 5.92 Å². The van der Waals surface area contributed by atoms with E-state index in [0.717, 1.165) is 12.4 Å². The summed E-state index contributed by atoms with van der Waals surface area (Å²) < 4.78 is 11.0. The second-order valence-electron chi connectivity index (χ2n) is 4.69. The minimum atomic E-state index is 0.603. The summed E-state index contributed by atoms with van der Waals surface area (Å²) in [6.07, 6.45) is 6.61. The van der Waals surface area contributed by atoms with Gasteiger partial charge < -0.3 is 15.2 Å². The Morgan fingerprint density at radius 3 is 2.59 bits per heavy atom. The number of para-hydroxylation sites is 1. The smallest absolute Gasteiger partial charge is 0.146 e. The molecule has 0 saturated heterocycles. The quantitative estimate of drug-likeness (QED) is 0.815. The van der Waals surface area contributed by atoms with Gasteiger partial charge in [0.25, 0.3) is 0 Å². The van der Waals surface area contributed by atoms with Crippen molar-refractivity contribution >= 4 is 5.69 Å². The van der Waals surface area contributed by atoms with E-state index in [0.29, 0.717) is 17.4 Å². The molecule has 0 radical (unpaired) electrons. The molecule has 1 saturated carbocycles. The van der Waals surface area contributed by atoms with Crippen LogP contribution in [0.25, 0.3) is 0 Å². The van der Waals surface area contributed by atoms with E-state index in [1.165, 1.54) is 32.1 Å². The van der Waals surface area contributed by atoms with Gasteiger partial charge in [0, 0.05) is 0 Å². The standard InChI is InChI=1S/C14H21NO2/c1-16-12-8-5-9-13(14(12)15)17-10-11-6-3-2-4-7-11/h5,8-9,11H,2-4,6-7,10,15H2,1H3. The Morgan fingerprint density at radius 2 is 1.88 bits per heavy atom. The minimum absolute atomic E-state index is 0.603. The first-order valence-electron chi connectivity index (χ1n) is 6.36. The molecule has 1 fully saturated rings. The van der Waals surface area contributed by atoms with Gasteiger partial charge in [0.2, 0.25) is 0 Å². The lowest BCUT2D eigenvalue weighted by molar-refractivity contribution is 0.209. The van der Waals surface area contributed by atoms with Crippen LogP contribution in [0.4, 0.5) is 5.69 Å². The van der Waals surface area contributed by atoms with Crippen molar-refractivity contribution in [3.8, 4) is 11.5 Å². The zero-order chi connectivity index (χ0) is 12.1. The molecule has 1 aromatic rings. The van der Waals surface area contributed by atoms with Crippen LogP contribution in [-0.2, 0) is 0 Å². The molecule has 3 heteroatoms. The first-order valence-corrected chi connectivity index (χ1v) is 6.36. The highest BCUT2D eigenvalue weighted by Crippen LogP contribution is 2.32. The Balaban J connectivity index is 1.93. The van der Waals surface area contributed by atoms with Crippen LogP contribution in [0, 0.1) is 5.92 Å². The minimum Gasteiger partial charge on any atom is -0.494 e. The van der Waals surface area contributed by atoms with Crippen molar-refractivity contribution in [3.63, 3.8) is 0 Å². The van der Waals surface area contributed by atoms with Gasteiger partial charge in [-0.25, -0.2) is 0 Å². The Morgan fingerprint density at radius 1 is 1.18 bits per heavy atom. The predicted molar refractivity (Wildman–Crippen MR) is 69.5 cm³/mol. The number of nitrogens with two attached hydrogens (primary N) is 1. The molecule has 0 bridgehead atoms. The van der Waals surface area contributed by atoms with E-state index in [9.17, 15) is 0 Å². The Kier molecular flexibility index (Phi) is 4.13. The fourth-order valence-electron chi connectivity index (χ4n) is 2.39. The van der Waals surface area contributed by atoms with Crippen LogP contribution in [0.3, 0.4) is 0 Å². The first kappa shape index (κ1) is 12.1. The number of nitrogen functional groups attached to an aromatic ring is 1. The van der Waals surface area contributed by atoms with Gasteiger partial charge >= 0.3 is 0 Å². The number of benzene rings is 1. The fraction of sp³-hybridized carbons (Fsp3) is 0.571. The van der Waals surface area contributed by atoms with Crippen LogP contribution >= 0.6 is 0 Å². The highest BCUT2D eigenvalue weighted by atomic mass is 16.5. The zero-order valence-electron chi connectivity index (χ0n) is 10.4. The van der Waals surface area contributed by atoms with Crippen LogP contribution < -0.4 is 15.2 Å². The second kappa shape index (κ2) is 5.80. The third-order valence-corrected chi connectivity index (χ3v) is 3.45. The van der Waals surface area contributed by atoms with Crippen molar-refractivity contribution in [2.45, 2.75) is 32.1 Å². The molecule has 1 aliphatic carbocycles. The summed E-state index contributed by atoms with van der Waals surface area (Å²) in [6, 6.07) is 5.66. The summed E-state index contributed by atoms with van der Waals surface area (Å²) in [5.74, 6) is 2.12. The fourth-order valence-corrected chi connectivity index (χ4v) is 2.39. The van der Waals surface area contributed by atoms with Crippen LogP contribution in [-0.4, -0.2) is 13.7 Å². The lowest BCUT2D eigenvalue weighted by Crippen LogP contribution is -2.15.